The molecular formula is C16H21N7O2. The molecule has 0 radical (unpaired) electrons. The Morgan fingerprint density at radius 1 is 1.24 bits per heavy atom. The fourth-order valence-electron chi connectivity index (χ4n) is 2.37. The minimum Gasteiger partial charge on any atom is -0.406 e. The number of methoxy groups -OCH3 is 1. The summed E-state index contributed by atoms with van der Waals surface area (Å²) in [5.74, 6) is 1.15. The van der Waals surface area contributed by atoms with Gasteiger partial charge in [0.2, 0.25) is 5.89 Å². The fourth-order valence-corrected chi connectivity index (χ4v) is 2.37. The number of hydrogen-bond donors (Lipinski definition) is 1. The lowest BCUT2D eigenvalue weighted by Crippen LogP contribution is -2.20. The fraction of sp³-hybridized carbons (Fsp3) is 0.375. The van der Waals surface area contributed by atoms with Crippen LogP contribution in [0.1, 0.15) is 23.3 Å². The van der Waals surface area contributed by atoms with Crippen molar-refractivity contribution in [2.45, 2.75) is 19.1 Å². The summed E-state index contributed by atoms with van der Waals surface area (Å²) in [5.41, 5.74) is 7.11. The van der Waals surface area contributed by atoms with Crippen LogP contribution in [0.15, 0.2) is 41.1 Å². The molecule has 1 atom stereocenters. The van der Waals surface area contributed by atoms with Gasteiger partial charge in [-0.1, -0.05) is 35.4 Å². The highest BCUT2D eigenvalue weighted by atomic mass is 16.5. The Balaban J connectivity index is 1.69. The molecule has 0 spiro atoms. The minimum atomic E-state index is -0.457. The maximum absolute atomic E-state index is 6.19. The first-order valence-corrected chi connectivity index (χ1v) is 7.89. The zero-order valence-electron chi connectivity index (χ0n) is 14.2. The molecule has 9 heteroatoms. The normalized spacial score (nSPS) is 12.3. The highest BCUT2D eigenvalue weighted by molar-refractivity contribution is 5.27. The van der Waals surface area contributed by atoms with Crippen LogP contribution in [0.4, 0.5) is 6.01 Å². The summed E-state index contributed by atoms with van der Waals surface area (Å²) in [6.45, 7) is 1.75. The molecule has 132 valence electrons. The lowest BCUT2D eigenvalue weighted by atomic mass is 10.1. The molecule has 0 fully saturated rings. The SMILES string of the molecule is COCCn1cnnc1CN(C)c1nnc([C@H](N)c2ccccc2)o1. The molecule has 0 saturated heterocycles. The van der Waals surface area contributed by atoms with Crippen LogP contribution < -0.4 is 10.6 Å². The van der Waals surface area contributed by atoms with Gasteiger partial charge in [0.1, 0.15) is 12.4 Å². The second kappa shape index (κ2) is 7.86. The molecule has 0 unspecified atom stereocenters. The molecule has 1 aromatic carbocycles. The van der Waals surface area contributed by atoms with E-state index in [4.69, 9.17) is 14.9 Å². The van der Waals surface area contributed by atoms with Crippen molar-refractivity contribution >= 4 is 6.01 Å². The maximum Gasteiger partial charge on any atom is 0.318 e. The molecule has 0 amide bonds. The van der Waals surface area contributed by atoms with E-state index in [1.807, 2.05) is 46.8 Å². The van der Waals surface area contributed by atoms with Gasteiger partial charge in [0, 0.05) is 20.7 Å². The van der Waals surface area contributed by atoms with E-state index in [1.54, 1.807) is 13.4 Å². The van der Waals surface area contributed by atoms with Crippen LogP contribution in [-0.2, 0) is 17.8 Å². The summed E-state index contributed by atoms with van der Waals surface area (Å²) in [6.07, 6.45) is 1.67. The van der Waals surface area contributed by atoms with Gasteiger partial charge >= 0.3 is 6.01 Å². The molecule has 9 nitrogen and oxygen atoms in total. The van der Waals surface area contributed by atoms with Gasteiger partial charge in [-0.3, -0.25) is 0 Å². The van der Waals surface area contributed by atoms with E-state index in [9.17, 15) is 0 Å². The van der Waals surface area contributed by atoms with Crippen molar-refractivity contribution in [3.05, 3.63) is 53.9 Å². The van der Waals surface area contributed by atoms with Crippen LogP contribution in [0.5, 0.6) is 0 Å². The van der Waals surface area contributed by atoms with Crippen LogP contribution >= 0.6 is 0 Å². The summed E-state index contributed by atoms with van der Waals surface area (Å²) in [6, 6.07) is 9.55. The maximum atomic E-state index is 6.19. The van der Waals surface area contributed by atoms with Gasteiger partial charge in [-0.15, -0.1) is 15.3 Å². The molecule has 0 aliphatic carbocycles. The second-order valence-corrected chi connectivity index (χ2v) is 5.60. The first kappa shape index (κ1) is 17.1. The Morgan fingerprint density at radius 3 is 2.80 bits per heavy atom. The average molecular weight is 343 g/mol. The zero-order chi connectivity index (χ0) is 17.6. The second-order valence-electron chi connectivity index (χ2n) is 5.60. The van der Waals surface area contributed by atoms with Gasteiger partial charge in [0.15, 0.2) is 5.82 Å². The van der Waals surface area contributed by atoms with Gasteiger partial charge in [0.05, 0.1) is 13.2 Å². The third-order valence-electron chi connectivity index (χ3n) is 3.79. The molecule has 2 heterocycles. The van der Waals surface area contributed by atoms with Crippen molar-refractivity contribution in [3.8, 4) is 0 Å². The molecule has 0 saturated carbocycles. The monoisotopic (exact) mass is 343 g/mol. The summed E-state index contributed by atoms with van der Waals surface area (Å²) in [5, 5.41) is 16.2. The third kappa shape index (κ3) is 4.01. The number of nitrogens with two attached hydrogens (primary N) is 1. The quantitative estimate of drug-likeness (QED) is 0.645. The van der Waals surface area contributed by atoms with Gasteiger partial charge in [0.25, 0.3) is 0 Å². The van der Waals surface area contributed by atoms with Gasteiger partial charge in [-0.25, -0.2) is 0 Å². The van der Waals surface area contributed by atoms with Crippen molar-refractivity contribution < 1.29 is 9.15 Å². The van der Waals surface area contributed by atoms with Crippen molar-refractivity contribution in [2.24, 2.45) is 5.73 Å². The number of rotatable bonds is 8. The number of aromatic nitrogens is 5. The molecular weight excluding hydrogens is 322 g/mol. The van der Waals surface area contributed by atoms with Crippen LogP contribution in [0, 0.1) is 0 Å². The van der Waals surface area contributed by atoms with Crippen LogP contribution in [0.2, 0.25) is 0 Å². The zero-order valence-corrected chi connectivity index (χ0v) is 14.2. The lowest BCUT2D eigenvalue weighted by Gasteiger charge is -2.14. The number of hydrogen-bond acceptors (Lipinski definition) is 8. The summed E-state index contributed by atoms with van der Waals surface area (Å²) in [7, 11) is 3.51. The molecule has 2 aromatic heterocycles. The van der Waals surface area contributed by atoms with E-state index < -0.39 is 6.04 Å². The number of benzene rings is 1. The number of ether oxygens (including phenoxy) is 1. The van der Waals surface area contributed by atoms with Crippen LogP contribution in [0.25, 0.3) is 0 Å². The van der Waals surface area contributed by atoms with Gasteiger partial charge < -0.3 is 24.4 Å². The van der Waals surface area contributed by atoms with Gasteiger partial charge in [-0.05, 0) is 5.56 Å². The van der Waals surface area contributed by atoms with Crippen LogP contribution in [0.3, 0.4) is 0 Å². The summed E-state index contributed by atoms with van der Waals surface area (Å²) < 4.78 is 12.7. The Bertz CT molecular complexity index is 787. The lowest BCUT2D eigenvalue weighted by molar-refractivity contribution is 0.186. The van der Waals surface area contributed by atoms with E-state index in [0.29, 0.717) is 31.6 Å². The first-order valence-electron chi connectivity index (χ1n) is 7.89. The van der Waals surface area contributed by atoms with Crippen LogP contribution in [-0.4, -0.2) is 45.7 Å². The average Bonchev–Trinajstić information content (AvgIpc) is 3.29. The van der Waals surface area contributed by atoms with E-state index in [0.717, 1.165) is 11.4 Å². The topological polar surface area (TPSA) is 108 Å². The predicted octanol–water partition coefficient (Wildman–Crippen LogP) is 0.992. The Hall–Kier alpha value is -2.78. The molecule has 0 aliphatic heterocycles. The molecule has 2 N–H and O–H groups in total. The van der Waals surface area contributed by atoms with E-state index in [2.05, 4.69) is 20.4 Å². The standard InChI is InChI=1S/C16H21N7O2/c1-22(10-13-19-18-11-23(13)8-9-24-2)16-21-20-15(25-16)14(17)12-6-4-3-5-7-12/h3-7,11,14H,8-10,17H2,1-2H3/t14-/m1/s1. The minimum absolute atomic E-state index is 0.369. The molecule has 3 aromatic rings. The molecule has 0 bridgehead atoms. The smallest absolute Gasteiger partial charge is 0.318 e. The summed E-state index contributed by atoms with van der Waals surface area (Å²) >= 11 is 0. The molecule has 3 rings (SSSR count). The van der Waals surface area contributed by atoms with E-state index in [1.165, 1.54) is 0 Å². The predicted molar refractivity (Wildman–Crippen MR) is 90.8 cm³/mol. The van der Waals surface area contributed by atoms with Crippen molar-refractivity contribution in [3.63, 3.8) is 0 Å². The van der Waals surface area contributed by atoms with E-state index >= 15 is 0 Å². The largest absolute Gasteiger partial charge is 0.406 e. The number of anilines is 1. The molecule has 0 aliphatic rings. The first-order chi connectivity index (χ1) is 12.2. The van der Waals surface area contributed by atoms with Crippen molar-refractivity contribution in [1.82, 2.24) is 25.0 Å². The highest BCUT2D eigenvalue weighted by Crippen LogP contribution is 2.21. The Morgan fingerprint density at radius 2 is 2.04 bits per heavy atom. The molecule has 25 heavy (non-hydrogen) atoms. The highest BCUT2D eigenvalue weighted by Gasteiger charge is 2.19. The van der Waals surface area contributed by atoms with Gasteiger partial charge in [-0.2, -0.15) is 0 Å². The van der Waals surface area contributed by atoms with Crippen molar-refractivity contribution in [2.75, 3.05) is 25.7 Å². The third-order valence-corrected chi connectivity index (χ3v) is 3.79. The number of nitrogens with zero attached hydrogens (tertiary/aromatic N) is 6. The Labute approximate surface area is 145 Å². The summed E-state index contributed by atoms with van der Waals surface area (Å²) in [4.78, 5) is 1.81. The van der Waals surface area contributed by atoms with E-state index in [-0.39, 0.29) is 0 Å². The van der Waals surface area contributed by atoms with Crippen molar-refractivity contribution in [1.29, 1.82) is 0 Å². The Kier molecular flexibility index (Phi) is 5.36.